The van der Waals surface area contributed by atoms with Crippen molar-refractivity contribution in [2.45, 2.75) is 6.42 Å². The predicted molar refractivity (Wildman–Crippen MR) is 70.5 cm³/mol. The number of furan rings is 1. The Morgan fingerprint density at radius 3 is 2.28 bits per heavy atom. The molecule has 2 aromatic rings. The highest BCUT2D eigenvalue weighted by Crippen LogP contribution is 2.24. The molecule has 0 spiro atoms. The number of hydrogen-bond acceptors (Lipinski definition) is 3. The molecule has 0 unspecified atom stereocenters. The first kappa shape index (κ1) is 13.1. The fraction of sp³-hybridized carbons (Fsp3) is 0.286. The van der Waals surface area contributed by atoms with Gasteiger partial charge in [0.2, 0.25) is 0 Å². The molecule has 18 heavy (non-hydrogen) atoms. The van der Waals surface area contributed by atoms with Gasteiger partial charge >= 0.3 is 0 Å². The van der Waals surface area contributed by atoms with Gasteiger partial charge in [0.25, 0.3) is 0 Å². The predicted octanol–water partition coefficient (Wildman–Crippen LogP) is 2.74. The maximum Gasteiger partial charge on any atom is 0.134 e. The van der Waals surface area contributed by atoms with Crippen molar-refractivity contribution in [2.75, 3.05) is 13.2 Å². The second kappa shape index (κ2) is 6.05. The lowest BCUT2D eigenvalue weighted by molar-refractivity contribution is 0.146. The van der Waals surface area contributed by atoms with Crippen molar-refractivity contribution in [2.24, 2.45) is 5.92 Å². The van der Waals surface area contributed by atoms with Crippen LogP contribution in [0.1, 0.15) is 5.76 Å². The Kier molecular flexibility index (Phi) is 4.42. The van der Waals surface area contributed by atoms with E-state index in [4.69, 9.17) is 26.2 Å². The van der Waals surface area contributed by atoms with Crippen LogP contribution in [0.3, 0.4) is 0 Å². The molecule has 0 bridgehead atoms. The van der Waals surface area contributed by atoms with Gasteiger partial charge in [0, 0.05) is 36.1 Å². The minimum absolute atomic E-state index is 0.0481. The molecule has 3 nitrogen and oxygen atoms in total. The van der Waals surface area contributed by atoms with Gasteiger partial charge in [0.05, 0.1) is 0 Å². The zero-order chi connectivity index (χ0) is 13.0. The Bertz CT molecular complexity index is 486. The van der Waals surface area contributed by atoms with Crippen LogP contribution in [0, 0.1) is 5.92 Å². The largest absolute Gasteiger partial charge is 0.461 e. The molecular formula is C14H15ClO3. The molecule has 0 aliphatic heterocycles. The summed E-state index contributed by atoms with van der Waals surface area (Å²) < 4.78 is 5.68. The molecule has 0 aliphatic rings. The average molecular weight is 267 g/mol. The number of aliphatic hydroxyl groups excluding tert-OH is 2. The third-order valence-corrected chi connectivity index (χ3v) is 3.05. The minimum Gasteiger partial charge on any atom is -0.461 e. The number of hydrogen-bond donors (Lipinski definition) is 2. The van der Waals surface area contributed by atoms with Crippen LogP contribution in [0.25, 0.3) is 11.3 Å². The summed E-state index contributed by atoms with van der Waals surface area (Å²) in [6.45, 7) is -0.0963. The molecule has 1 heterocycles. The zero-order valence-electron chi connectivity index (χ0n) is 9.84. The van der Waals surface area contributed by atoms with E-state index in [-0.39, 0.29) is 19.1 Å². The molecule has 0 saturated carbocycles. The van der Waals surface area contributed by atoms with E-state index in [1.165, 1.54) is 0 Å². The van der Waals surface area contributed by atoms with Gasteiger partial charge < -0.3 is 14.6 Å². The highest BCUT2D eigenvalue weighted by Gasteiger charge is 2.11. The highest BCUT2D eigenvalue weighted by molar-refractivity contribution is 6.30. The molecular weight excluding hydrogens is 252 g/mol. The summed E-state index contributed by atoms with van der Waals surface area (Å²) in [6, 6.07) is 11.1. The van der Waals surface area contributed by atoms with Gasteiger partial charge in [-0.25, -0.2) is 0 Å². The van der Waals surface area contributed by atoms with Crippen molar-refractivity contribution in [3.8, 4) is 11.3 Å². The van der Waals surface area contributed by atoms with Gasteiger partial charge in [-0.3, -0.25) is 0 Å². The van der Waals surface area contributed by atoms with E-state index in [0.717, 1.165) is 17.1 Å². The van der Waals surface area contributed by atoms with Gasteiger partial charge in [0.1, 0.15) is 11.5 Å². The Morgan fingerprint density at radius 1 is 1.00 bits per heavy atom. The molecule has 0 aliphatic carbocycles. The molecule has 0 saturated heterocycles. The molecule has 4 heteroatoms. The van der Waals surface area contributed by atoms with E-state index >= 15 is 0 Å². The van der Waals surface area contributed by atoms with E-state index < -0.39 is 0 Å². The maximum atomic E-state index is 9.03. The Labute approximate surface area is 111 Å². The highest BCUT2D eigenvalue weighted by atomic mass is 35.5. The molecule has 0 atom stereocenters. The standard InChI is InChI=1S/C14H15ClO3/c15-12-3-1-11(2-4-12)14-6-5-13(18-14)7-10(8-16)9-17/h1-6,10,16-17H,7-9H2. The number of aliphatic hydroxyl groups is 2. The topological polar surface area (TPSA) is 53.6 Å². The third-order valence-electron chi connectivity index (χ3n) is 2.80. The van der Waals surface area contributed by atoms with Gasteiger partial charge in [-0.1, -0.05) is 11.6 Å². The Morgan fingerprint density at radius 2 is 1.67 bits per heavy atom. The minimum atomic E-state index is -0.172. The number of halogens is 1. The van der Waals surface area contributed by atoms with Crippen molar-refractivity contribution in [3.05, 3.63) is 47.2 Å². The van der Waals surface area contributed by atoms with Crippen molar-refractivity contribution in [3.63, 3.8) is 0 Å². The average Bonchev–Trinajstić information content (AvgIpc) is 2.85. The summed E-state index contributed by atoms with van der Waals surface area (Å²) in [7, 11) is 0. The molecule has 1 aromatic carbocycles. The Hall–Kier alpha value is -1.29. The molecule has 0 amide bonds. The van der Waals surface area contributed by atoms with Crippen LogP contribution >= 0.6 is 11.6 Å². The third kappa shape index (κ3) is 3.13. The first-order valence-electron chi connectivity index (χ1n) is 5.79. The summed E-state index contributed by atoms with van der Waals surface area (Å²) in [5.74, 6) is 1.35. The SMILES string of the molecule is OCC(CO)Cc1ccc(-c2ccc(Cl)cc2)o1. The molecule has 1 aromatic heterocycles. The van der Waals surface area contributed by atoms with Crippen LogP contribution in [0.2, 0.25) is 5.02 Å². The second-order valence-electron chi connectivity index (χ2n) is 4.21. The number of rotatable bonds is 5. The van der Waals surface area contributed by atoms with Crippen LogP contribution in [-0.2, 0) is 6.42 Å². The summed E-state index contributed by atoms with van der Waals surface area (Å²) in [5.41, 5.74) is 0.954. The van der Waals surface area contributed by atoms with Crippen LogP contribution in [0.5, 0.6) is 0 Å². The summed E-state index contributed by atoms with van der Waals surface area (Å²) in [4.78, 5) is 0. The van der Waals surface area contributed by atoms with Gasteiger partial charge in [-0.05, 0) is 36.4 Å². The summed E-state index contributed by atoms with van der Waals surface area (Å²) in [5, 5.41) is 18.7. The van der Waals surface area contributed by atoms with E-state index in [0.29, 0.717) is 11.4 Å². The van der Waals surface area contributed by atoms with Crippen molar-refractivity contribution >= 4 is 11.6 Å². The van der Waals surface area contributed by atoms with E-state index in [9.17, 15) is 0 Å². The van der Waals surface area contributed by atoms with Crippen LogP contribution in [0.4, 0.5) is 0 Å². The van der Waals surface area contributed by atoms with Gasteiger partial charge in [-0.15, -0.1) is 0 Å². The first-order valence-corrected chi connectivity index (χ1v) is 6.17. The first-order chi connectivity index (χ1) is 8.72. The lowest BCUT2D eigenvalue weighted by Gasteiger charge is -2.07. The van der Waals surface area contributed by atoms with Crippen LogP contribution in [-0.4, -0.2) is 23.4 Å². The summed E-state index contributed by atoms with van der Waals surface area (Å²) >= 11 is 5.82. The lowest BCUT2D eigenvalue weighted by Crippen LogP contribution is -2.13. The molecule has 0 radical (unpaired) electrons. The maximum absolute atomic E-state index is 9.03. The van der Waals surface area contributed by atoms with Crippen molar-refractivity contribution < 1.29 is 14.6 Å². The van der Waals surface area contributed by atoms with Gasteiger partial charge in [-0.2, -0.15) is 0 Å². The lowest BCUT2D eigenvalue weighted by atomic mass is 10.1. The normalized spacial score (nSPS) is 11.1. The molecule has 96 valence electrons. The van der Waals surface area contributed by atoms with Crippen molar-refractivity contribution in [1.82, 2.24) is 0 Å². The fourth-order valence-electron chi connectivity index (χ4n) is 1.73. The van der Waals surface area contributed by atoms with E-state index in [1.807, 2.05) is 36.4 Å². The zero-order valence-corrected chi connectivity index (χ0v) is 10.6. The monoisotopic (exact) mass is 266 g/mol. The molecule has 0 fully saturated rings. The number of benzene rings is 1. The van der Waals surface area contributed by atoms with E-state index in [1.54, 1.807) is 0 Å². The van der Waals surface area contributed by atoms with Crippen LogP contribution in [0.15, 0.2) is 40.8 Å². The second-order valence-corrected chi connectivity index (χ2v) is 4.64. The molecule has 2 N–H and O–H groups in total. The smallest absolute Gasteiger partial charge is 0.134 e. The van der Waals surface area contributed by atoms with E-state index in [2.05, 4.69) is 0 Å². The summed E-state index contributed by atoms with van der Waals surface area (Å²) in [6.07, 6.45) is 0.528. The molecule has 2 rings (SSSR count). The fourth-order valence-corrected chi connectivity index (χ4v) is 1.85. The Balaban J connectivity index is 2.12. The van der Waals surface area contributed by atoms with Gasteiger partial charge in [0.15, 0.2) is 0 Å². The van der Waals surface area contributed by atoms with Crippen LogP contribution < -0.4 is 0 Å². The van der Waals surface area contributed by atoms with Crippen molar-refractivity contribution in [1.29, 1.82) is 0 Å². The quantitative estimate of drug-likeness (QED) is 0.875.